The number of rotatable bonds is 7. The van der Waals surface area contributed by atoms with Gasteiger partial charge in [-0.3, -0.25) is 18.7 Å². The van der Waals surface area contributed by atoms with Gasteiger partial charge in [0, 0.05) is 5.75 Å². The van der Waals surface area contributed by atoms with E-state index in [1.165, 1.54) is 4.90 Å². The molecule has 8 heteroatoms. The third-order valence-corrected chi connectivity index (χ3v) is 8.49. The summed E-state index contributed by atoms with van der Waals surface area (Å²) in [5.41, 5.74) is 3.88. The number of hydrogen-bond donors (Lipinski definition) is 1. The Kier molecular flexibility index (Phi) is 7.30. The van der Waals surface area contributed by atoms with Gasteiger partial charge in [-0.25, -0.2) is 0 Å². The van der Waals surface area contributed by atoms with E-state index in [4.69, 9.17) is 17.0 Å². The lowest BCUT2D eigenvalue weighted by Crippen LogP contribution is -2.73. The van der Waals surface area contributed by atoms with Gasteiger partial charge in [0.15, 0.2) is 0 Å². The minimum absolute atomic E-state index is 0.142. The van der Waals surface area contributed by atoms with E-state index in [-0.39, 0.29) is 29.0 Å². The Labute approximate surface area is 223 Å². The summed E-state index contributed by atoms with van der Waals surface area (Å²) < 4.78 is 19.4. The fourth-order valence-corrected chi connectivity index (χ4v) is 6.74. The lowest BCUT2D eigenvalue weighted by Gasteiger charge is -2.49. The summed E-state index contributed by atoms with van der Waals surface area (Å²) in [5.74, 6) is -0.378. The summed E-state index contributed by atoms with van der Waals surface area (Å²) in [6, 6.07) is 27.9. The first-order valence-corrected chi connectivity index (χ1v) is 13.8. The standard InChI is InChI=1S/C29H26N2O4S2/c1-19-18-37(34)28-24(30-23(32)17-20-11-5-2-6-12-20)27(33)31(28)25(19)29(36)35-26(21-13-7-3-8-14-21)22-15-9-4-10-16-22/h2-16,24,26,28H,17-18H2,1H3,(H,30,32)/t24?,28-,37?/m1/s1. The molecule has 3 aromatic rings. The van der Waals surface area contributed by atoms with Gasteiger partial charge in [-0.2, -0.15) is 0 Å². The molecule has 2 amide bonds. The van der Waals surface area contributed by atoms with Crippen LogP contribution in [-0.2, 0) is 31.5 Å². The Bertz CT molecular complexity index is 1340. The topological polar surface area (TPSA) is 75.7 Å². The van der Waals surface area contributed by atoms with Crippen molar-refractivity contribution in [1.29, 1.82) is 0 Å². The van der Waals surface area contributed by atoms with E-state index < -0.39 is 28.3 Å². The van der Waals surface area contributed by atoms with Crippen molar-refractivity contribution in [2.45, 2.75) is 30.9 Å². The fraction of sp³-hybridized carbons (Fsp3) is 0.207. The van der Waals surface area contributed by atoms with Crippen LogP contribution < -0.4 is 5.32 Å². The first-order chi connectivity index (χ1) is 17.9. The van der Waals surface area contributed by atoms with Gasteiger partial charge in [0.2, 0.25) is 11.0 Å². The van der Waals surface area contributed by atoms with E-state index in [0.29, 0.717) is 5.70 Å². The molecule has 1 N–H and O–H groups in total. The predicted octanol–water partition coefficient (Wildman–Crippen LogP) is 4.05. The summed E-state index contributed by atoms with van der Waals surface area (Å²) in [6.45, 7) is 1.81. The number of fused-ring (bicyclic) bond motifs is 1. The van der Waals surface area contributed by atoms with E-state index in [0.717, 1.165) is 22.3 Å². The molecule has 2 aliphatic heterocycles. The van der Waals surface area contributed by atoms with Crippen LogP contribution in [0.2, 0.25) is 0 Å². The van der Waals surface area contributed by atoms with Crippen LogP contribution in [0.25, 0.3) is 0 Å². The molecule has 6 nitrogen and oxygen atoms in total. The Morgan fingerprint density at radius 3 is 2.11 bits per heavy atom. The Morgan fingerprint density at radius 1 is 1.00 bits per heavy atom. The SMILES string of the molecule is CC1=C(C(=S)OC(c2ccccc2)c2ccccc2)N2C(=O)C(NC(=O)Cc3ccccc3)[C@H]2S(=O)C1. The zero-order chi connectivity index (χ0) is 25.9. The van der Waals surface area contributed by atoms with Crippen LogP contribution in [0, 0.1) is 0 Å². The first-order valence-electron chi connectivity index (χ1n) is 12.0. The molecule has 0 saturated carbocycles. The van der Waals surface area contributed by atoms with Crippen molar-refractivity contribution in [2.24, 2.45) is 0 Å². The average molecular weight is 531 g/mol. The highest BCUT2D eigenvalue weighted by Crippen LogP contribution is 2.37. The number of carbonyl (C=O) groups is 2. The minimum Gasteiger partial charge on any atom is -0.469 e. The van der Waals surface area contributed by atoms with Gasteiger partial charge >= 0.3 is 0 Å². The van der Waals surface area contributed by atoms with E-state index >= 15 is 0 Å². The van der Waals surface area contributed by atoms with Crippen molar-refractivity contribution < 1.29 is 18.5 Å². The monoisotopic (exact) mass is 530 g/mol. The Hall–Kier alpha value is -3.62. The molecule has 2 unspecified atom stereocenters. The molecule has 0 aliphatic carbocycles. The van der Waals surface area contributed by atoms with Crippen molar-refractivity contribution in [2.75, 3.05) is 5.75 Å². The van der Waals surface area contributed by atoms with Gasteiger partial charge in [0.1, 0.15) is 17.5 Å². The highest BCUT2D eigenvalue weighted by molar-refractivity contribution is 7.86. The lowest BCUT2D eigenvalue weighted by molar-refractivity contribution is -0.145. The molecular formula is C29H26N2O4S2. The molecular weight excluding hydrogens is 504 g/mol. The summed E-state index contributed by atoms with van der Waals surface area (Å²) in [4.78, 5) is 27.3. The summed E-state index contributed by atoms with van der Waals surface area (Å²) in [5, 5.41) is 2.27. The van der Waals surface area contributed by atoms with Gasteiger partial charge in [0.05, 0.1) is 22.9 Å². The van der Waals surface area contributed by atoms with Crippen molar-refractivity contribution >= 4 is 39.9 Å². The molecule has 0 aromatic heterocycles. The second kappa shape index (κ2) is 10.8. The maximum Gasteiger partial charge on any atom is 0.254 e. The molecule has 0 spiro atoms. The van der Waals surface area contributed by atoms with Gasteiger partial charge in [0.25, 0.3) is 5.91 Å². The van der Waals surface area contributed by atoms with E-state index in [1.54, 1.807) is 0 Å². The number of hydrogen-bond acceptors (Lipinski definition) is 5. The molecule has 188 valence electrons. The van der Waals surface area contributed by atoms with E-state index in [9.17, 15) is 13.8 Å². The highest BCUT2D eigenvalue weighted by atomic mass is 32.2. The first kappa shape index (κ1) is 25.0. The van der Waals surface area contributed by atoms with Gasteiger partial charge in [-0.1, -0.05) is 91.0 Å². The zero-order valence-corrected chi connectivity index (χ0v) is 21.8. The molecule has 3 aromatic carbocycles. The van der Waals surface area contributed by atoms with E-state index in [1.807, 2.05) is 97.9 Å². The molecule has 0 radical (unpaired) electrons. The number of amides is 2. The second-order valence-electron chi connectivity index (χ2n) is 9.07. The Morgan fingerprint density at radius 2 is 1.54 bits per heavy atom. The maximum absolute atomic E-state index is 13.2. The van der Waals surface area contributed by atoms with Gasteiger partial charge < -0.3 is 10.1 Å². The summed E-state index contributed by atoms with van der Waals surface area (Å²) >= 11 is 5.74. The second-order valence-corrected chi connectivity index (χ2v) is 11.0. The summed E-state index contributed by atoms with van der Waals surface area (Å²) in [7, 11) is -1.38. The number of nitrogens with zero attached hydrogens (tertiary/aromatic N) is 1. The lowest BCUT2D eigenvalue weighted by atomic mass is 10.0. The zero-order valence-electron chi connectivity index (χ0n) is 20.2. The molecule has 1 saturated heterocycles. The quantitative estimate of drug-likeness (QED) is 0.369. The van der Waals surface area contributed by atoms with Crippen LogP contribution in [0.4, 0.5) is 0 Å². The molecule has 2 heterocycles. The third kappa shape index (κ3) is 5.12. The van der Waals surface area contributed by atoms with Crippen molar-refractivity contribution in [3.05, 3.63) is 119 Å². The number of carbonyl (C=O) groups excluding carboxylic acids is 2. The van der Waals surface area contributed by atoms with Crippen molar-refractivity contribution in [1.82, 2.24) is 10.2 Å². The van der Waals surface area contributed by atoms with Gasteiger partial charge in [-0.15, -0.1) is 0 Å². The number of thiocarbonyl (C=S) groups is 1. The van der Waals surface area contributed by atoms with E-state index in [2.05, 4.69) is 5.32 Å². The maximum atomic E-state index is 13.2. The Balaban J connectivity index is 1.36. The largest absolute Gasteiger partial charge is 0.469 e. The van der Waals surface area contributed by atoms with Crippen LogP contribution in [0.5, 0.6) is 0 Å². The van der Waals surface area contributed by atoms with Crippen LogP contribution in [-0.4, -0.2) is 43.1 Å². The van der Waals surface area contributed by atoms with Crippen LogP contribution in [0.15, 0.2) is 102 Å². The molecule has 5 rings (SSSR count). The number of ether oxygens (including phenoxy) is 1. The fourth-order valence-electron chi connectivity index (χ4n) is 4.70. The molecule has 37 heavy (non-hydrogen) atoms. The smallest absolute Gasteiger partial charge is 0.254 e. The van der Waals surface area contributed by atoms with Crippen molar-refractivity contribution in [3.63, 3.8) is 0 Å². The van der Waals surface area contributed by atoms with Crippen molar-refractivity contribution in [3.8, 4) is 0 Å². The third-order valence-electron chi connectivity index (χ3n) is 6.46. The van der Waals surface area contributed by atoms with Crippen LogP contribution in [0.3, 0.4) is 0 Å². The average Bonchev–Trinajstić information content (AvgIpc) is 2.91. The van der Waals surface area contributed by atoms with Gasteiger partial charge in [-0.05, 0) is 41.4 Å². The molecule has 1 fully saturated rings. The minimum atomic E-state index is -1.38. The normalized spacial score (nSPS) is 20.8. The highest BCUT2D eigenvalue weighted by Gasteiger charge is 2.56. The number of nitrogens with one attached hydrogen (secondary N) is 1. The molecule has 0 bridgehead atoms. The molecule has 3 atom stereocenters. The van der Waals surface area contributed by atoms with Crippen LogP contribution >= 0.6 is 12.2 Å². The van der Waals surface area contributed by atoms with Crippen LogP contribution in [0.1, 0.15) is 29.7 Å². The summed E-state index contributed by atoms with van der Waals surface area (Å²) in [6.07, 6.45) is -0.331. The number of benzene rings is 3. The molecule has 2 aliphatic rings. The number of β-lactam (4-membered cyclic amide) rings is 1. The predicted molar refractivity (Wildman–Crippen MR) is 147 cm³/mol.